The molecule has 1 unspecified atom stereocenters. The molecule has 0 bridgehead atoms. The van der Waals surface area contributed by atoms with E-state index in [-0.39, 0.29) is 23.8 Å². The fourth-order valence-electron chi connectivity index (χ4n) is 5.02. The van der Waals surface area contributed by atoms with Crippen LogP contribution < -0.4 is 10.6 Å². The molecule has 176 valence electrons. The van der Waals surface area contributed by atoms with Crippen LogP contribution in [-0.4, -0.2) is 53.4 Å². The number of carbonyl (C=O) groups is 2. The van der Waals surface area contributed by atoms with Crippen molar-refractivity contribution in [1.82, 2.24) is 15.5 Å². The van der Waals surface area contributed by atoms with Gasteiger partial charge in [0.25, 0.3) is 5.91 Å². The Balaban J connectivity index is 1.43. The van der Waals surface area contributed by atoms with E-state index in [2.05, 4.69) is 15.5 Å². The highest BCUT2D eigenvalue weighted by molar-refractivity contribution is 7.99. The molecule has 4 rings (SSSR count). The number of rotatable bonds is 8. The van der Waals surface area contributed by atoms with Crippen molar-refractivity contribution in [2.24, 2.45) is 0 Å². The number of halogens is 1. The van der Waals surface area contributed by atoms with Gasteiger partial charge in [0, 0.05) is 36.7 Å². The van der Waals surface area contributed by atoms with Crippen LogP contribution in [0.15, 0.2) is 54.6 Å². The second-order valence-corrected chi connectivity index (χ2v) is 10.6. The summed E-state index contributed by atoms with van der Waals surface area (Å²) in [7, 11) is 0. The number of hydrogen-bond acceptors (Lipinski definition) is 4. The summed E-state index contributed by atoms with van der Waals surface area (Å²) < 4.78 is 0. The number of benzene rings is 2. The number of thioether (sulfide) groups is 1. The average molecular weight is 486 g/mol. The van der Waals surface area contributed by atoms with Gasteiger partial charge in [-0.2, -0.15) is 11.8 Å². The third-order valence-corrected chi connectivity index (χ3v) is 8.12. The van der Waals surface area contributed by atoms with Crippen LogP contribution in [0, 0.1) is 0 Å². The van der Waals surface area contributed by atoms with Crippen molar-refractivity contribution in [3.05, 3.63) is 70.7 Å². The number of carbonyl (C=O) groups excluding carboxylic acids is 2. The lowest BCUT2D eigenvalue weighted by atomic mass is 9.94. The minimum Gasteiger partial charge on any atom is -0.354 e. The molecule has 2 fully saturated rings. The van der Waals surface area contributed by atoms with Crippen molar-refractivity contribution >= 4 is 35.2 Å². The SMILES string of the molecule is O=C(CC(NC(=O)c1ccccc1Cl)c1ccccc1)NCC1(N2CCSCC2)CCCC1. The van der Waals surface area contributed by atoms with Gasteiger partial charge in [0.15, 0.2) is 0 Å². The minimum atomic E-state index is -0.430. The molecular formula is C26H32ClN3O2S. The van der Waals surface area contributed by atoms with Crippen LogP contribution in [0.3, 0.4) is 0 Å². The van der Waals surface area contributed by atoms with E-state index >= 15 is 0 Å². The van der Waals surface area contributed by atoms with Crippen molar-refractivity contribution in [3.8, 4) is 0 Å². The van der Waals surface area contributed by atoms with Crippen LogP contribution in [0.1, 0.15) is 54.1 Å². The Bertz CT molecular complexity index is 944. The summed E-state index contributed by atoms with van der Waals surface area (Å²) >= 11 is 8.23. The van der Waals surface area contributed by atoms with Gasteiger partial charge in [-0.25, -0.2) is 0 Å². The smallest absolute Gasteiger partial charge is 0.253 e. The second kappa shape index (κ2) is 11.4. The predicted octanol–water partition coefficient (Wildman–Crippen LogP) is 4.68. The van der Waals surface area contributed by atoms with Gasteiger partial charge in [-0.05, 0) is 30.5 Å². The topological polar surface area (TPSA) is 61.4 Å². The van der Waals surface area contributed by atoms with Crippen molar-refractivity contribution in [3.63, 3.8) is 0 Å². The molecule has 2 aromatic rings. The van der Waals surface area contributed by atoms with Crippen LogP contribution >= 0.6 is 23.4 Å². The quantitative estimate of drug-likeness (QED) is 0.570. The maximum absolute atomic E-state index is 13.1. The molecule has 2 amide bonds. The van der Waals surface area contributed by atoms with Gasteiger partial charge in [-0.15, -0.1) is 0 Å². The van der Waals surface area contributed by atoms with E-state index in [1.165, 1.54) is 24.3 Å². The Hall–Kier alpha value is -2.02. The number of amides is 2. The van der Waals surface area contributed by atoms with E-state index < -0.39 is 6.04 Å². The Labute approximate surface area is 205 Å². The van der Waals surface area contributed by atoms with Crippen molar-refractivity contribution in [2.45, 2.75) is 43.7 Å². The van der Waals surface area contributed by atoms with E-state index in [9.17, 15) is 9.59 Å². The zero-order chi connectivity index (χ0) is 23.1. The highest BCUT2D eigenvalue weighted by Gasteiger charge is 2.40. The highest BCUT2D eigenvalue weighted by atomic mass is 35.5. The fraction of sp³-hybridized carbons (Fsp3) is 0.462. The zero-order valence-corrected chi connectivity index (χ0v) is 20.5. The first-order valence-electron chi connectivity index (χ1n) is 11.8. The highest BCUT2D eigenvalue weighted by Crippen LogP contribution is 2.36. The molecule has 2 aliphatic rings. The van der Waals surface area contributed by atoms with Crippen LogP contribution in [0.4, 0.5) is 0 Å². The molecule has 1 aliphatic heterocycles. The normalized spacial score (nSPS) is 19.1. The Morgan fingerprint density at radius 1 is 1.00 bits per heavy atom. The summed E-state index contributed by atoms with van der Waals surface area (Å²) in [5.74, 6) is 2.01. The fourth-order valence-corrected chi connectivity index (χ4v) is 6.14. The molecule has 2 aromatic carbocycles. The van der Waals surface area contributed by atoms with Gasteiger partial charge in [0.2, 0.25) is 5.91 Å². The van der Waals surface area contributed by atoms with Crippen molar-refractivity contribution in [2.75, 3.05) is 31.1 Å². The van der Waals surface area contributed by atoms with Gasteiger partial charge in [0.1, 0.15) is 0 Å². The summed E-state index contributed by atoms with van der Waals surface area (Å²) in [4.78, 5) is 28.6. The molecular weight excluding hydrogens is 454 g/mol. The van der Waals surface area contributed by atoms with E-state index in [4.69, 9.17) is 11.6 Å². The lowest BCUT2D eigenvalue weighted by Gasteiger charge is -2.43. The summed E-state index contributed by atoms with van der Waals surface area (Å²) in [5, 5.41) is 6.64. The third kappa shape index (κ3) is 6.11. The summed E-state index contributed by atoms with van der Waals surface area (Å²) in [5.41, 5.74) is 1.39. The standard InChI is InChI=1S/C26H32ClN3O2S/c27-22-11-5-4-10-21(22)25(32)29-23(20-8-2-1-3-9-20)18-24(31)28-19-26(12-6-7-13-26)30-14-16-33-17-15-30/h1-5,8-11,23H,6-7,12-19H2,(H,28,31)(H,29,32). The lowest BCUT2D eigenvalue weighted by Crippen LogP contribution is -2.56. The molecule has 0 radical (unpaired) electrons. The van der Waals surface area contributed by atoms with Crippen LogP contribution in [0.5, 0.6) is 0 Å². The lowest BCUT2D eigenvalue weighted by molar-refractivity contribution is -0.122. The molecule has 33 heavy (non-hydrogen) atoms. The van der Waals surface area contributed by atoms with Gasteiger partial charge in [-0.3, -0.25) is 14.5 Å². The van der Waals surface area contributed by atoms with E-state index in [0.717, 1.165) is 31.5 Å². The monoisotopic (exact) mass is 485 g/mol. The molecule has 0 aromatic heterocycles. The van der Waals surface area contributed by atoms with Gasteiger partial charge in [0.05, 0.1) is 23.0 Å². The van der Waals surface area contributed by atoms with E-state index in [0.29, 0.717) is 17.1 Å². The Morgan fingerprint density at radius 2 is 1.67 bits per heavy atom. The molecule has 5 nitrogen and oxygen atoms in total. The minimum absolute atomic E-state index is 0.0408. The average Bonchev–Trinajstić information content (AvgIpc) is 3.34. The number of nitrogens with one attached hydrogen (secondary N) is 2. The molecule has 1 atom stereocenters. The maximum Gasteiger partial charge on any atom is 0.253 e. The summed E-state index contributed by atoms with van der Waals surface area (Å²) in [6.45, 7) is 2.87. The molecule has 1 aliphatic carbocycles. The zero-order valence-electron chi connectivity index (χ0n) is 18.9. The molecule has 1 saturated heterocycles. The maximum atomic E-state index is 13.1. The third-order valence-electron chi connectivity index (χ3n) is 6.85. The van der Waals surface area contributed by atoms with E-state index in [1.807, 2.05) is 42.1 Å². The molecule has 1 heterocycles. The molecule has 1 saturated carbocycles. The summed E-state index contributed by atoms with van der Waals surface area (Å²) in [6, 6.07) is 16.2. The predicted molar refractivity (Wildman–Crippen MR) is 136 cm³/mol. The number of nitrogens with zero attached hydrogens (tertiary/aromatic N) is 1. The van der Waals surface area contributed by atoms with Gasteiger partial charge in [-0.1, -0.05) is 66.9 Å². The molecule has 0 spiro atoms. The van der Waals surface area contributed by atoms with Gasteiger partial charge >= 0.3 is 0 Å². The summed E-state index contributed by atoms with van der Waals surface area (Å²) in [6.07, 6.45) is 4.92. The first kappa shape index (κ1) is 24.1. The Kier molecular flexibility index (Phi) is 8.34. The van der Waals surface area contributed by atoms with Crippen molar-refractivity contribution in [1.29, 1.82) is 0 Å². The first-order valence-corrected chi connectivity index (χ1v) is 13.3. The van der Waals surface area contributed by atoms with E-state index in [1.54, 1.807) is 24.3 Å². The van der Waals surface area contributed by atoms with Gasteiger partial charge < -0.3 is 10.6 Å². The second-order valence-electron chi connectivity index (χ2n) is 8.93. The van der Waals surface area contributed by atoms with Crippen LogP contribution in [0.2, 0.25) is 5.02 Å². The largest absolute Gasteiger partial charge is 0.354 e. The number of hydrogen-bond donors (Lipinski definition) is 2. The van der Waals surface area contributed by atoms with Crippen LogP contribution in [-0.2, 0) is 4.79 Å². The molecule has 2 N–H and O–H groups in total. The Morgan fingerprint density at radius 3 is 2.36 bits per heavy atom. The van der Waals surface area contributed by atoms with Crippen LogP contribution in [0.25, 0.3) is 0 Å². The van der Waals surface area contributed by atoms with Crippen molar-refractivity contribution < 1.29 is 9.59 Å². The first-order chi connectivity index (χ1) is 16.1. The molecule has 7 heteroatoms.